The minimum atomic E-state index is 0.497. The van der Waals surface area contributed by atoms with E-state index in [9.17, 15) is 0 Å². The van der Waals surface area contributed by atoms with Crippen molar-refractivity contribution in [2.75, 3.05) is 13.7 Å². The van der Waals surface area contributed by atoms with Crippen molar-refractivity contribution in [3.63, 3.8) is 0 Å². The number of nitrogens with one attached hydrogen (secondary N) is 1. The predicted molar refractivity (Wildman–Crippen MR) is 78.8 cm³/mol. The number of hydrogen-bond acceptors (Lipinski definition) is 2. The van der Waals surface area contributed by atoms with E-state index in [0.717, 1.165) is 12.3 Å². The second-order valence-corrected chi connectivity index (χ2v) is 5.93. The topological polar surface area (TPSA) is 21.3 Å². The largest absolute Gasteiger partial charge is 0.496 e. The molecule has 1 saturated heterocycles. The average molecular weight is 259 g/mol. The molecule has 1 aromatic carbocycles. The molecule has 2 heteroatoms. The first-order chi connectivity index (χ1) is 9.38. The summed E-state index contributed by atoms with van der Waals surface area (Å²) in [5.74, 6) is 1.10. The van der Waals surface area contributed by atoms with Gasteiger partial charge in [-0.05, 0) is 62.3 Å². The molecule has 1 heterocycles. The number of rotatable bonds is 2. The molecule has 0 bridgehead atoms. The lowest BCUT2D eigenvalue weighted by atomic mass is 9.92. The van der Waals surface area contributed by atoms with Crippen LogP contribution >= 0.6 is 0 Å². The molecular formula is C17H25NO. The Kier molecular flexibility index (Phi) is 4.07. The SMILES string of the molecule is COc1cc2c(cc1C1CCCCN1)CCCCC2. The number of piperidine rings is 1. The van der Waals surface area contributed by atoms with Crippen LogP contribution in [0, 0.1) is 0 Å². The van der Waals surface area contributed by atoms with Gasteiger partial charge in [0.1, 0.15) is 5.75 Å². The Bertz CT molecular complexity index is 435. The summed E-state index contributed by atoms with van der Waals surface area (Å²) in [7, 11) is 1.81. The highest BCUT2D eigenvalue weighted by Crippen LogP contribution is 2.35. The molecule has 0 saturated carbocycles. The van der Waals surface area contributed by atoms with Gasteiger partial charge in [0.2, 0.25) is 0 Å². The standard InChI is InChI=1S/C17H25NO/c1-19-17-12-14-8-4-2-3-7-13(14)11-15(17)16-9-5-6-10-18-16/h11-12,16,18H,2-10H2,1H3. The number of ether oxygens (including phenoxy) is 1. The van der Waals surface area contributed by atoms with Gasteiger partial charge in [-0.3, -0.25) is 0 Å². The number of fused-ring (bicyclic) bond motifs is 1. The van der Waals surface area contributed by atoms with Gasteiger partial charge in [0.25, 0.3) is 0 Å². The second-order valence-electron chi connectivity index (χ2n) is 5.93. The first-order valence-electron chi connectivity index (χ1n) is 7.81. The Morgan fingerprint density at radius 3 is 2.47 bits per heavy atom. The van der Waals surface area contributed by atoms with E-state index in [1.54, 1.807) is 5.56 Å². The Morgan fingerprint density at radius 2 is 1.79 bits per heavy atom. The molecule has 0 radical (unpaired) electrons. The molecule has 1 fully saturated rings. The summed E-state index contributed by atoms with van der Waals surface area (Å²) in [5.41, 5.74) is 4.48. The number of hydrogen-bond donors (Lipinski definition) is 1. The first kappa shape index (κ1) is 13.0. The van der Waals surface area contributed by atoms with Crippen molar-refractivity contribution in [3.05, 3.63) is 28.8 Å². The molecule has 0 spiro atoms. The van der Waals surface area contributed by atoms with Crippen molar-refractivity contribution in [2.24, 2.45) is 0 Å². The van der Waals surface area contributed by atoms with Crippen molar-refractivity contribution in [3.8, 4) is 5.75 Å². The molecule has 1 aliphatic heterocycles. The van der Waals surface area contributed by atoms with Gasteiger partial charge in [-0.1, -0.05) is 18.9 Å². The molecule has 1 atom stereocenters. The Hall–Kier alpha value is -1.02. The monoisotopic (exact) mass is 259 g/mol. The average Bonchev–Trinajstić information content (AvgIpc) is 2.71. The third-order valence-electron chi connectivity index (χ3n) is 4.63. The van der Waals surface area contributed by atoms with Gasteiger partial charge in [0.15, 0.2) is 0 Å². The smallest absolute Gasteiger partial charge is 0.123 e. The molecule has 2 aliphatic rings. The lowest BCUT2D eigenvalue weighted by molar-refractivity contribution is 0.373. The second kappa shape index (κ2) is 5.96. The minimum Gasteiger partial charge on any atom is -0.496 e. The summed E-state index contributed by atoms with van der Waals surface area (Å²) in [5, 5.41) is 3.65. The van der Waals surface area contributed by atoms with Crippen LogP contribution < -0.4 is 10.1 Å². The molecule has 1 N–H and O–H groups in total. The molecule has 0 aromatic heterocycles. The summed E-state index contributed by atoms with van der Waals surface area (Å²) in [4.78, 5) is 0. The van der Waals surface area contributed by atoms with E-state index in [2.05, 4.69) is 17.4 Å². The van der Waals surface area contributed by atoms with Crippen LogP contribution in [0.25, 0.3) is 0 Å². The number of benzene rings is 1. The number of aryl methyl sites for hydroxylation is 2. The molecule has 19 heavy (non-hydrogen) atoms. The van der Waals surface area contributed by atoms with Crippen molar-refractivity contribution in [1.82, 2.24) is 5.32 Å². The molecule has 104 valence electrons. The Balaban J connectivity index is 1.95. The highest BCUT2D eigenvalue weighted by Gasteiger charge is 2.21. The maximum atomic E-state index is 5.67. The lowest BCUT2D eigenvalue weighted by Crippen LogP contribution is -2.27. The molecule has 1 unspecified atom stereocenters. The molecule has 2 nitrogen and oxygen atoms in total. The number of methoxy groups -OCH3 is 1. The fraction of sp³-hybridized carbons (Fsp3) is 0.647. The molecule has 0 amide bonds. The molecule has 1 aliphatic carbocycles. The summed E-state index contributed by atoms with van der Waals surface area (Å²) in [6.45, 7) is 1.14. The molecular weight excluding hydrogens is 234 g/mol. The zero-order valence-electron chi connectivity index (χ0n) is 12.0. The first-order valence-corrected chi connectivity index (χ1v) is 7.81. The third-order valence-corrected chi connectivity index (χ3v) is 4.63. The zero-order valence-corrected chi connectivity index (χ0v) is 12.0. The maximum Gasteiger partial charge on any atom is 0.123 e. The minimum absolute atomic E-state index is 0.497. The van der Waals surface area contributed by atoms with Crippen LogP contribution in [0.1, 0.15) is 61.3 Å². The highest BCUT2D eigenvalue weighted by molar-refractivity contribution is 5.45. The van der Waals surface area contributed by atoms with Crippen LogP contribution in [-0.4, -0.2) is 13.7 Å². The van der Waals surface area contributed by atoms with E-state index in [1.807, 2.05) is 7.11 Å². The van der Waals surface area contributed by atoms with E-state index >= 15 is 0 Å². The fourth-order valence-corrected chi connectivity index (χ4v) is 3.53. The van der Waals surface area contributed by atoms with E-state index in [4.69, 9.17) is 4.74 Å². The van der Waals surface area contributed by atoms with Gasteiger partial charge in [-0.25, -0.2) is 0 Å². The summed E-state index contributed by atoms with van der Waals surface area (Å²) in [6, 6.07) is 5.24. The van der Waals surface area contributed by atoms with Gasteiger partial charge in [0.05, 0.1) is 7.11 Å². The Morgan fingerprint density at radius 1 is 1.00 bits per heavy atom. The van der Waals surface area contributed by atoms with Crippen LogP contribution in [-0.2, 0) is 12.8 Å². The normalized spacial score (nSPS) is 23.5. The van der Waals surface area contributed by atoms with Crippen LogP contribution in [0.5, 0.6) is 5.75 Å². The van der Waals surface area contributed by atoms with Crippen LogP contribution in [0.15, 0.2) is 12.1 Å². The molecule has 3 rings (SSSR count). The predicted octanol–water partition coefficient (Wildman–Crippen LogP) is 3.78. The van der Waals surface area contributed by atoms with Crippen molar-refractivity contribution in [1.29, 1.82) is 0 Å². The van der Waals surface area contributed by atoms with Gasteiger partial charge in [-0.15, -0.1) is 0 Å². The summed E-state index contributed by atoms with van der Waals surface area (Å²) in [6.07, 6.45) is 10.4. The summed E-state index contributed by atoms with van der Waals surface area (Å²) >= 11 is 0. The van der Waals surface area contributed by atoms with E-state index < -0.39 is 0 Å². The van der Waals surface area contributed by atoms with E-state index in [0.29, 0.717) is 6.04 Å². The lowest BCUT2D eigenvalue weighted by Gasteiger charge is -2.26. The van der Waals surface area contributed by atoms with Crippen molar-refractivity contribution in [2.45, 2.75) is 57.4 Å². The Labute approximate surface area is 116 Å². The van der Waals surface area contributed by atoms with E-state index in [1.165, 1.54) is 62.5 Å². The van der Waals surface area contributed by atoms with Crippen molar-refractivity contribution < 1.29 is 4.74 Å². The van der Waals surface area contributed by atoms with Crippen molar-refractivity contribution >= 4 is 0 Å². The van der Waals surface area contributed by atoms with Crippen LogP contribution in [0.4, 0.5) is 0 Å². The molecule has 1 aromatic rings. The third kappa shape index (κ3) is 2.79. The maximum absolute atomic E-state index is 5.67. The van der Waals surface area contributed by atoms with Crippen LogP contribution in [0.3, 0.4) is 0 Å². The summed E-state index contributed by atoms with van der Waals surface area (Å²) < 4.78 is 5.67. The van der Waals surface area contributed by atoms with Gasteiger partial charge in [0, 0.05) is 11.6 Å². The zero-order chi connectivity index (χ0) is 13.1. The van der Waals surface area contributed by atoms with E-state index in [-0.39, 0.29) is 0 Å². The van der Waals surface area contributed by atoms with Gasteiger partial charge < -0.3 is 10.1 Å². The van der Waals surface area contributed by atoms with Crippen LogP contribution in [0.2, 0.25) is 0 Å². The quantitative estimate of drug-likeness (QED) is 0.816. The fourth-order valence-electron chi connectivity index (χ4n) is 3.53. The van der Waals surface area contributed by atoms with Gasteiger partial charge in [-0.2, -0.15) is 0 Å². The highest BCUT2D eigenvalue weighted by atomic mass is 16.5. The van der Waals surface area contributed by atoms with Gasteiger partial charge >= 0.3 is 0 Å².